The van der Waals surface area contributed by atoms with Gasteiger partial charge in [-0.2, -0.15) is 5.10 Å². The van der Waals surface area contributed by atoms with E-state index in [9.17, 15) is 4.79 Å². The summed E-state index contributed by atoms with van der Waals surface area (Å²) in [6.45, 7) is 10.4. The highest BCUT2D eigenvalue weighted by atomic mass is 32.1. The standard InChI is InChI=1S/C19H23N5OS/c1-11-6-7-26-17(11)10-20-18(25)9-16-14(4)23-24(15(16)5)19-21-12(2)8-13(3)22-19/h6-8H,9-10H2,1-5H3,(H,20,25). The van der Waals surface area contributed by atoms with Crippen molar-refractivity contribution >= 4 is 17.2 Å². The Labute approximate surface area is 157 Å². The highest BCUT2D eigenvalue weighted by Crippen LogP contribution is 2.18. The normalized spacial score (nSPS) is 11.0. The summed E-state index contributed by atoms with van der Waals surface area (Å²) in [6.07, 6.45) is 0.298. The van der Waals surface area contributed by atoms with E-state index in [-0.39, 0.29) is 5.91 Å². The van der Waals surface area contributed by atoms with Gasteiger partial charge in [-0.05, 0) is 57.7 Å². The number of rotatable bonds is 5. The van der Waals surface area contributed by atoms with Gasteiger partial charge in [-0.15, -0.1) is 11.3 Å². The molecule has 7 heteroatoms. The molecule has 3 aromatic rings. The fourth-order valence-corrected chi connectivity index (χ4v) is 3.76. The Bertz CT molecular complexity index is 937. The summed E-state index contributed by atoms with van der Waals surface area (Å²) in [4.78, 5) is 22.5. The minimum Gasteiger partial charge on any atom is -0.351 e. The molecule has 0 bridgehead atoms. The lowest BCUT2D eigenvalue weighted by atomic mass is 10.1. The fourth-order valence-electron chi connectivity index (χ4n) is 2.91. The Morgan fingerprint density at radius 2 is 1.85 bits per heavy atom. The van der Waals surface area contributed by atoms with Gasteiger partial charge < -0.3 is 5.32 Å². The van der Waals surface area contributed by atoms with Crippen molar-refractivity contribution in [2.24, 2.45) is 0 Å². The van der Waals surface area contributed by atoms with E-state index in [2.05, 4.69) is 33.4 Å². The van der Waals surface area contributed by atoms with Gasteiger partial charge in [0.05, 0.1) is 18.7 Å². The van der Waals surface area contributed by atoms with Crippen LogP contribution in [-0.2, 0) is 17.8 Å². The second kappa shape index (κ2) is 7.37. The molecule has 0 atom stereocenters. The van der Waals surface area contributed by atoms with Crippen LogP contribution in [0.2, 0.25) is 0 Å². The zero-order valence-corrected chi connectivity index (χ0v) is 16.6. The van der Waals surface area contributed by atoms with E-state index in [1.165, 1.54) is 10.4 Å². The molecule has 0 fully saturated rings. The highest BCUT2D eigenvalue weighted by Gasteiger charge is 2.17. The minimum absolute atomic E-state index is 0.00936. The molecule has 1 N–H and O–H groups in total. The molecule has 6 nitrogen and oxygen atoms in total. The predicted molar refractivity (Wildman–Crippen MR) is 103 cm³/mol. The number of aryl methyl sites for hydroxylation is 4. The third kappa shape index (κ3) is 3.83. The van der Waals surface area contributed by atoms with Crippen LogP contribution in [0.3, 0.4) is 0 Å². The lowest BCUT2D eigenvalue weighted by Gasteiger charge is -2.07. The zero-order chi connectivity index (χ0) is 18.8. The van der Waals surface area contributed by atoms with Gasteiger partial charge in [0.15, 0.2) is 0 Å². The number of hydrogen-bond acceptors (Lipinski definition) is 5. The minimum atomic E-state index is -0.00936. The van der Waals surface area contributed by atoms with Crippen molar-refractivity contribution in [2.45, 2.75) is 47.6 Å². The maximum absolute atomic E-state index is 12.4. The second-order valence-corrected chi connectivity index (χ2v) is 7.49. The summed E-state index contributed by atoms with van der Waals surface area (Å²) >= 11 is 1.66. The van der Waals surface area contributed by atoms with Gasteiger partial charge in [-0.1, -0.05) is 0 Å². The molecule has 0 saturated carbocycles. The smallest absolute Gasteiger partial charge is 0.251 e. The van der Waals surface area contributed by atoms with E-state index in [1.54, 1.807) is 16.0 Å². The summed E-state index contributed by atoms with van der Waals surface area (Å²) in [5.74, 6) is 0.536. The number of amides is 1. The molecular weight excluding hydrogens is 346 g/mol. The van der Waals surface area contributed by atoms with Crippen molar-refractivity contribution in [3.63, 3.8) is 0 Å². The maximum atomic E-state index is 12.4. The third-order valence-corrected chi connectivity index (χ3v) is 5.38. The Kier molecular flexibility index (Phi) is 5.18. The van der Waals surface area contributed by atoms with Crippen LogP contribution in [-0.4, -0.2) is 25.7 Å². The van der Waals surface area contributed by atoms with Crippen LogP contribution < -0.4 is 5.32 Å². The van der Waals surface area contributed by atoms with Crippen molar-refractivity contribution in [3.05, 3.63) is 56.3 Å². The SMILES string of the molecule is Cc1cc(C)nc(-n2nc(C)c(CC(=O)NCc3sccc3C)c2C)n1. The topological polar surface area (TPSA) is 72.7 Å². The van der Waals surface area contributed by atoms with Gasteiger partial charge in [0.25, 0.3) is 5.95 Å². The number of nitrogens with zero attached hydrogens (tertiary/aromatic N) is 4. The van der Waals surface area contributed by atoms with Crippen LogP contribution >= 0.6 is 11.3 Å². The molecule has 136 valence electrons. The monoisotopic (exact) mass is 369 g/mol. The van der Waals surface area contributed by atoms with Crippen molar-refractivity contribution in [3.8, 4) is 5.95 Å². The van der Waals surface area contributed by atoms with Crippen molar-refractivity contribution in [2.75, 3.05) is 0 Å². The van der Waals surface area contributed by atoms with Crippen LogP contribution in [0.25, 0.3) is 5.95 Å². The van der Waals surface area contributed by atoms with Crippen LogP contribution in [0.5, 0.6) is 0 Å². The Hall–Kier alpha value is -2.54. The number of aromatic nitrogens is 4. The van der Waals surface area contributed by atoms with Gasteiger partial charge in [0.1, 0.15) is 0 Å². The molecule has 1 amide bonds. The average molecular weight is 369 g/mol. The molecule has 0 spiro atoms. The Morgan fingerprint density at radius 3 is 2.46 bits per heavy atom. The first kappa shape index (κ1) is 18.3. The zero-order valence-electron chi connectivity index (χ0n) is 15.8. The van der Waals surface area contributed by atoms with Crippen LogP contribution in [0.15, 0.2) is 17.5 Å². The van der Waals surface area contributed by atoms with Gasteiger partial charge in [0.2, 0.25) is 5.91 Å². The molecule has 3 heterocycles. The van der Waals surface area contributed by atoms with Crippen molar-refractivity contribution < 1.29 is 4.79 Å². The molecule has 0 aliphatic rings. The van der Waals surface area contributed by atoms with Crippen molar-refractivity contribution in [1.82, 2.24) is 25.1 Å². The molecule has 0 aliphatic heterocycles. The largest absolute Gasteiger partial charge is 0.351 e. The van der Waals surface area contributed by atoms with Crippen LogP contribution in [0.4, 0.5) is 0 Å². The maximum Gasteiger partial charge on any atom is 0.251 e. The first-order valence-corrected chi connectivity index (χ1v) is 9.40. The van der Waals surface area contributed by atoms with Gasteiger partial charge in [0, 0.05) is 27.5 Å². The van der Waals surface area contributed by atoms with E-state index < -0.39 is 0 Å². The summed E-state index contributed by atoms with van der Waals surface area (Å²) in [5.41, 5.74) is 5.65. The second-order valence-electron chi connectivity index (χ2n) is 6.49. The quantitative estimate of drug-likeness (QED) is 0.750. The number of nitrogens with one attached hydrogen (secondary N) is 1. The molecule has 3 aromatic heterocycles. The lowest BCUT2D eigenvalue weighted by Crippen LogP contribution is -2.24. The summed E-state index contributed by atoms with van der Waals surface area (Å²) in [7, 11) is 0. The Morgan fingerprint density at radius 1 is 1.15 bits per heavy atom. The Balaban J connectivity index is 1.77. The highest BCUT2D eigenvalue weighted by molar-refractivity contribution is 7.10. The number of thiophene rings is 1. The molecule has 3 rings (SSSR count). The third-order valence-electron chi connectivity index (χ3n) is 4.35. The van der Waals surface area contributed by atoms with Gasteiger partial charge in [-0.25, -0.2) is 14.6 Å². The molecule has 0 saturated heterocycles. The van der Waals surface area contributed by atoms with Crippen LogP contribution in [0, 0.1) is 34.6 Å². The average Bonchev–Trinajstić information content (AvgIpc) is 3.10. The lowest BCUT2D eigenvalue weighted by molar-refractivity contribution is -0.120. The fraction of sp³-hybridized carbons (Fsp3) is 0.368. The van der Waals surface area contributed by atoms with Gasteiger partial charge in [-0.3, -0.25) is 4.79 Å². The summed E-state index contributed by atoms with van der Waals surface area (Å²) < 4.78 is 1.72. The first-order chi connectivity index (χ1) is 12.3. The van der Waals surface area contributed by atoms with E-state index in [0.717, 1.165) is 28.3 Å². The van der Waals surface area contributed by atoms with E-state index >= 15 is 0 Å². The number of carbonyl (C=O) groups excluding carboxylic acids is 1. The van der Waals surface area contributed by atoms with E-state index in [4.69, 9.17) is 0 Å². The molecule has 0 aliphatic carbocycles. The summed E-state index contributed by atoms with van der Waals surface area (Å²) in [5, 5.41) is 9.59. The number of hydrogen-bond donors (Lipinski definition) is 1. The molecular formula is C19H23N5OS. The molecule has 0 unspecified atom stereocenters. The predicted octanol–water partition coefficient (Wildman–Crippen LogP) is 3.12. The van der Waals surface area contributed by atoms with Gasteiger partial charge >= 0.3 is 0 Å². The van der Waals surface area contributed by atoms with E-state index in [1.807, 2.05) is 39.1 Å². The number of carbonyl (C=O) groups is 1. The molecule has 0 aromatic carbocycles. The molecule has 26 heavy (non-hydrogen) atoms. The summed E-state index contributed by atoms with van der Waals surface area (Å²) in [6, 6.07) is 3.99. The first-order valence-electron chi connectivity index (χ1n) is 8.52. The van der Waals surface area contributed by atoms with E-state index in [0.29, 0.717) is 18.9 Å². The van der Waals surface area contributed by atoms with Crippen LogP contribution in [0.1, 0.15) is 38.8 Å². The molecule has 0 radical (unpaired) electrons. The van der Waals surface area contributed by atoms with Crippen molar-refractivity contribution in [1.29, 1.82) is 0 Å².